The van der Waals surface area contributed by atoms with Crippen LogP contribution in [0.25, 0.3) is 0 Å². The molecular formula is C25H34N4O2S2. The monoisotopic (exact) mass is 486 g/mol. The fourth-order valence-electron chi connectivity index (χ4n) is 5.06. The SMILES string of the molecule is COc1ccccc1N1CCN(CCCOC2N=C(SC)Nc3sc4c(c32)CCCC4)CC1. The van der Waals surface area contributed by atoms with Gasteiger partial charge in [0.05, 0.1) is 19.4 Å². The molecule has 3 aliphatic rings. The lowest BCUT2D eigenvalue weighted by Gasteiger charge is -2.36. The Kier molecular flexibility index (Phi) is 7.45. The summed E-state index contributed by atoms with van der Waals surface area (Å²) in [5.74, 6) is 0.960. The number of aryl methyl sites for hydroxylation is 1. The summed E-state index contributed by atoms with van der Waals surface area (Å²) < 4.78 is 11.9. The second-order valence-corrected chi connectivity index (χ2v) is 10.7. The van der Waals surface area contributed by atoms with Crippen LogP contribution in [-0.2, 0) is 17.6 Å². The van der Waals surface area contributed by atoms with E-state index in [-0.39, 0.29) is 6.23 Å². The van der Waals surface area contributed by atoms with Gasteiger partial charge in [-0.15, -0.1) is 11.3 Å². The molecule has 0 saturated carbocycles. The zero-order valence-corrected chi connectivity index (χ0v) is 21.3. The average Bonchev–Trinajstić information content (AvgIpc) is 3.25. The molecule has 1 aliphatic carbocycles. The Morgan fingerprint density at radius 1 is 1.15 bits per heavy atom. The number of anilines is 2. The Hall–Kier alpha value is -1.74. The van der Waals surface area contributed by atoms with E-state index in [1.807, 2.05) is 23.5 Å². The van der Waals surface area contributed by atoms with Gasteiger partial charge in [-0.05, 0) is 56.1 Å². The number of amidine groups is 1. The van der Waals surface area contributed by atoms with Gasteiger partial charge in [0, 0.05) is 43.2 Å². The number of hydrogen-bond acceptors (Lipinski definition) is 8. The van der Waals surface area contributed by atoms with Crippen molar-refractivity contribution in [3.8, 4) is 5.75 Å². The van der Waals surface area contributed by atoms with Crippen molar-refractivity contribution in [1.82, 2.24) is 4.90 Å². The predicted molar refractivity (Wildman–Crippen MR) is 140 cm³/mol. The van der Waals surface area contributed by atoms with Gasteiger partial charge in [-0.25, -0.2) is 4.99 Å². The van der Waals surface area contributed by atoms with Gasteiger partial charge >= 0.3 is 0 Å². The van der Waals surface area contributed by atoms with Crippen LogP contribution in [0.3, 0.4) is 0 Å². The molecule has 1 aromatic carbocycles. The van der Waals surface area contributed by atoms with Gasteiger partial charge in [0.1, 0.15) is 10.8 Å². The first kappa shape index (κ1) is 23.0. The van der Waals surface area contributed by atoms with Crippen LogP contribution in [0.2, 0.25) is 0 Å². The van der Waals surface area contributed by atoms with Crippen LogP contribution in [0.5, 0.6) is 5.75 Å². The number of ether oxygens (including phenoxy) is 2. The molecule has 0 bridgehead atoms. The third-order valence-corrected chi connectivity index (χ3v) is 8.62. The lowest BCUT2D eigenvalue weighted by molar-refractivity contribution is 0.0512. The van der Waals surface area contributed by atoms with E-state index in [4.69, 9.17) is 14.5 Å². The molecule has 0 radical (unpaired) electrons. The first-order chi connectivity index (χ1) is 16.3. The molecule has 1 saturated heterocycles. The van der Waals surface area contributed by atoms with E-state index in [2.05, 4.69) is 33.5 Å². The van der Waals surface area contributed by atoms with Crippen molar-refractivity contribution in [2.24, 2.45) is 4.99 Å². The normalized spacial score (nSPS) is 20.6. The zero-order chi connectivity index (χ0) is 22.6. The number of thiophene rings is 1. The zero-order valence-electron chi connectivity index (χ0n) is 19.6. The number of para-hydroxylation sites is 2. The first-order valence-corrected chi connectivity index (χ1v) is 14.1. The van der Waals surface area contributed by atoms with Gasteiger partial charge in [0.15, 0.2) is 11.4 Å². The largest absolute Gasteiger partial charge is 0.495 e. The van der Waals surface area contributed by atoms with Gasteiger partial charge in [-0.1, -0.05) is 23.9 Å². The van der Waals surface area contributed by atoms with Crippen LogP contribution >= 0.6 is 23.1 Å². The molecule has 33 heavy (non-hydrogen) atoms. The average molecular weight is 487 g/mol. The van der Waals surface area contributed by atoms with E-state index in [0.717, 1.165) is 56.7 Å². The van der Waals surface area contributed by atoms with E-state index in [9.17, 15) is 0 Å². The highest BCUT2D eigenvalue weighted by Crippen LogP contribution is 2.45. The Morgan fingerprint density at radius 3 is 2.79 bits per heavy atom. The maximum atomic E-state index is 6.39. The van der Waals surface area contributed by atoms with Crippen molar-refractivity contribution in [2.75, 3.05) is 62.9 Å². The number of nitrogens with one attached hydrogen (secondary N) is 1. The van der Waals surface area contributed by atoms with E-state index in [1.54, 1.807) is 18.9 Å². The molecular weight excluding hydrogens is 452 g/mol. The van der Waals surface area contributed by atoms with Crippen LogP contribution in [0.15, 0.2) is 29.3 Å². The molecule has 1 N–H and O–H groups in total. The Labute approximate surface area is 205 Å². The summed E-state index contributed by atoms with van der Waals surface area (Å²) in [4.78, 5) is 11.4. The van der Waals surface area contributed by atoms with Crippen molar-refractivity contribution in [3.05, 3.63) is 40.3 Å². The van der Waals surface area contributed by atoms with E-state index in [0.29, 0.717) is 0 Å². The van der Waals surface area contributed by atoms with Gasteiger partial charge in [-0.2, -0.15) is 0 Å². The first-order valence-electron chi connectivity index (χ1n) is 12.0. The van der Waals surface area contributed by atoms with Crippen LogP contribution in [-0.4, -0.2) is 62.8 Å². The molecule has 1 atom stereocenters. The molecule has 1 unspecified atom stereocenters. The number of rotatable bonds is 7. The lowest BCUT2D eigenvalue weighted by Crippen LogP contribution is -2.46. The molecule has 178 valence electrons. The van der Waals surface area contributed by atoms with E-state index in [1.165, 1.54) is 52.4 Å². The topological polar surface area (TPSA) is 49.3 Å². The Morgan fingerprint density at radius 2 is 1.97 bits per heavy atom. The van der Waals surface area contributed by atoms with Crippen molar-refractivity contribution < 1.29 is 9.47 Å². The molecule has 5 rings (SSSR count). The summed E-state index contributed by atoms with van der Waals surface area (Å²) >= 11 is 3.58. The highest BCUT2D eigenvalue weighted by atomic mass is 32.2. The number of methoxy groups -OCH3 is 1. The number of aliphatic imine (C=N–C) groups is 1. The van der Waals surface area contributed by atoms with Gasteiger partial charge in [-0.3, -0.25) is 4.90 Å². The highest BCUT2D eigenvalue weighted by molar-refractivity contribution is 8.13. The predicted octanol–water partition coefficient (Wildman–Crippen LogP) is 5.01. The number of hydrogen-bond donors (Lipinski definition) is 1. The summed E-state index contributed by atoms with van der Waals surface area (Å²) in [6.07, 6.45) is 7.92. The Bertz CT molecular complexity index is 985. The van der Waals surface area contributed by atoms with Gasteiger partial charge < -0.3 is 19.7 Å². The summed E-state index contributed by atoms with van der Waals surface area (Å²) in [5.41, 5.74) is 4.03. The molecule has 8 heteroatoms. The standard InChI is InChI=1S/C25H34N4O2S2/c1-30-20-10-5-4-9-19(20)29-15-13-28(14-16-29)12-7-17-31-23-22-18-8-3-6-11-21(18)33-24(22)27-25(26-23)32-2/h4-5,9-10,23H,3,6-8,11-17H2,1-2H3,(H,26,27). The van der Waals surface area contributed by atoms with Gasteiger partial charge in [0.25, 0.3) is 0 Å². The van der Waals surface area contributed by atoms with E-state index < -0.39 is 0 Å². The second kappa shape index (κ2) is 10.7. The summed E-state index contributed by atoms with van der Waals surface area (Å²) in [6.45, 7) is 6.01. The number of nitrogens with zero attached hydrogens (tertiary/aromatic N) is 3. The van der Waals surface area contributed by atoms with E-state index >= 15 is 0 Å². The number of thioether (sulfide) groups is 1. The van der Waals surface area contributed by atoms with Crippen LogP contribution in [0, 0.1) is 0 Å². The number of fused-ring (bicyclic) bond motifs is 3. The minimum absolute atomic E-state index is 0.149. The van der Waals surface area contributed by atoms with Crippen molar-refractivity contribution in [2.45, 2.75) is 38.3 Å². The fraction of sp³-hybridized carbons (Fsp3) is 0.560. The van der Waals surface area contributed by atoms with Crippen molar-refractivity contribution >= 4 is 39.0 Å². The molecule has 0 spiro atoms. The van der Waals surface area contributed by atoms with Gasteiger partial charge in [0.2, 0.25) is 0 Å². The van der Waals surface area contributed by atoms with Crippen LogP contribution in [0.4, 0.5) is 10.7 Å². The second-order valence-electron chi connectivity index (χ2n) is 8.79. The third kappa shape index (κ3) is 5.04. The molecule has 3 heterocycles. The molecule has 2 aromatic rings. The smallest absolute Gasteiger partial charge is 0.180 e. The minimum Gasteiger partial charge on any atom is -0.495 e. The summed E-state index contributed by atoms with van der Waals surface area (Å²) in [7, 11) is 1.75. The maximum Gasteiger partial charge on any atom is 0.180 e. The molecule has 0 amide bonds. The molecule has 6 nitrogen and oxygen atoms in total. The highest BCUT2D eigenvalue weighted by Gasteiger charge is 2.30. The fourth-order valence-corrected chi connectivity index (χ4v) is 6.84. The summed E-state index contributed by atoms with van der Waals surface area (Å²) in [5, 5.41) is 5.76. The van der Waals surface area contributed by atoms with Crippen molar-refractivity contribution in [3.63, 3.8) is 0 Å². The third-order valence-electron chi connectivity index (χ3n) is 6.80. The van der Waals surface area contributed by atoms with Crippen LogP contribution < -0.4 is 15.0 Å². The lowest BCUT2D eigenvalue weighted by atomic mass is 9.94. The number of piperazine rings is 1. The van der Waals surface area contributed by atoms with Crippen LogP contribution in [0.1, 0.15) is 41.5 Å². The van der Waals surface area contributed by atoms with Crippen molar-refractivity contribution in [1.29, 1.82) is 0 Å². The minimum atomic E-state index is -0.149. The molecule has 1 aromatic heterocycles. The summed E-state index contributed by atoms with van der Waals surface area (Å²) in [6, 6.07) is 8.31. The number of benzene rings is 1. The Balaban J connectivity index is 1.13. The molecule has 1 fully saturated rings. The quantitative estimate of drug-likeness (QED) is 0.556. The molecule has 2 aliphatic heterocycles. The maximum absolute atomic E-state index is 6.39.